The van der Waals surface area contributed by atoms with Crippen LogP contribution in [0.2, 0.25) is 5.02 Å². The van der Waals surface area contributed by atoms with Gasteiger partial charge in [-0.25, -0.2) is 4.39 Å². The van der Waals surface area contributed by atoms with Crippen LogP contribution in [0.1, 0.15) is 17.3 Å². The summed E-state index contributed by atoms with van der Waals surface area (Å²) in [4.78, 5) is 0. The fraction of sp³-hybridized carbons (Fsp3) is 0.273. The minimum absolute atomic E-state index is 0.0792. The molecular weight excluding hydrogens is 243 g/mol. The van der Waals surface area contributed by atoms with Crippen molar-refractivity contribution in [2.24, 2.45) is 0 Å². The number of halogens is 2. The van der Waals surface area contributed by atoms with Gasteiger partial charge in [0.2, 0.25) is 0 Å². The molecular formula is C11H12ClFN4. The molecule has 2 aromatic rings. The molecule has 6 heteroatoms. The lowest BCUT2D eigenvalue weighted by Crippen LogP contribution is -2.19. The van der Waals surface area contributed by atoms with E-state index in [4.69, 9.17) is 11.6 Å². The Morgan fingerprint density at radius 1 is 1.53 bits per heavy atom. The zero-order chi connectivity index (χ0) is 12.3. The minimum atomic E-state index is -0.304. The van der Waals surface area contributed by atoms with Crippen LogP contribution in [0, 0.1) is 5.82 Å². The van der Waals surface area contributed by atoms with Gasteiger partial charge in [-0.1, -0.05) is 17.7 Å². The van der Waals surface area contributed by atoms with Crippen molar-refractivity contribution in [3.8, 4) is 0 Å². The summed E-state index contributed by atoms with van der Waals surface area (Å²) in [6.45, 7) is 0. The van der Waals surface area contributed by atoms with Crippen LogP contribution in [0.25, 0.3) is 0 Å². The fourth-order valence-corrected chi connectivity index (χ4v) is 1.80. The van der Waals surface area contributed by atoms with E-state index in [1.54, 1.807) is 25.4 Å². The molecule has 17 heavy (non-hydrogen) atoms. The van der Waals surface area contributed by atoms with Gasteiger partial charge in [-0.2, -0.15) is 15.4 Å². The predicted molar refractivity (Wildman–Crippen MR) is 63.3 cm³/mol. The Hall–Kier alpha value is -1.46. The molecule has 1 aromatic heterocycles. The molecule has 1 heterocycles. The van der Waals surface area contributed by atoms with Gasteiger partial charge in [-0.05, 0) is 31.2 Å². The predicted octanol–water partition coefficient (Wildman–Crippen LogP) is 2.10. The largest absolute Gasteiger partial charge is 0.311 e. The van der Waals surface area contributed by atoms with Crippen molar-refractivity contribution >= 4 is 11.6 Å². The molecule has 2 N–H and O–H groups in total. The molecule has 0 radical (unpaired) electrons. The van der Waals surface area contributed by atoms with Gasteiger partial charge >= 0.3 is 0 Å². The second-order valence-electron chi connectivity index (χ2n) is 3.68. The van der Waals surface area contributed by atoms with Gasteiger partial charge in [0.05, 0.1) is 17.9 Å². The number of rotatable bonds is 4. The number of nitrogens with one attached hydrogen (secondary N) is 2. The van der Waals surface area contributed by atoms with Gasteiger partial charge in [-0.3, -0.25) is 0 Å². The van der Waals surface area contributed by atoms with E-state index in [1.807, 2.05) is 0 Å². The van der Waals surface area contributed by atoms with Gasteiger partial charge in [0, 0.05) is 5.02 Å². The molecule has 0 fully saturated rings. The second kappa shape index (κ2) is 5.25. The summed E-state index contributed by atoms with van der Waals surface area (Å²) in [7, 11) is 1.80. The van der Waals surface area contributed by atoms with Crippen molar-refractivity contribution in [3.05, 3.63) is 46.5 Å². The lowest BCUT2D eigenvalue weighted by atomic mass is 10.0. The third kappa shape index (κ3) is 2.81. The maximum atomic E-state index is 13.6. The van der Waals surface area contributed by atoms with Crippen molar-refractivity contribution in [1.82, 2.24) is 20.7 Å². The van der Waals surface area contributed by atoms with E-state index < -0.39 is 0 Å². The average Bonchev–Trinajstić information content (AvgIpc) is 2.81. The van der Waals surface area contributed by atoms with Crippen LogP contribution in [0.3, 0.4) is 0 Å². The van der Waals surface area contributed by atoms with E-state index >= 15 is 0 Å². The van der Waals surface area contributed by atoms with Crippen molar-refractivity contribution in [1.29, 1.82) is 0 Å². The number of aromatic nitrogens is 3. The highest BCUT2D eigenvalue weighted by molar-refractivity contribution is 6.30. The van der Waals surface area contributed by atoms with Crippen molar-refractivity contribution in [3.63, 3.8) is 0 Å². The first-order valence-electron chi connectivity index (χ1n) is 5.17. The van der Waals surface area contributed by atoms with Crippen molar-refractivity contribution in [2.75, 3.05) is 7.05 Å². The first kappa shape index (κ1) is 12.0. The molecule has 1 aromatic carbocycles. The average molecular weight is 255 g/mol. The number of hydrogen-bond acceptors (Lipinski definition) is 3. The molecule has 2 rings (SSSR count). The molecule has 4 nitrogen and oxygen atoms in total. The van der Waals surface area contributed by atoms with Gasteiger partial charge in [0.25, 0.3) is 0 Å². The first-order valence-corrected chi connectivity index (χ1v) is 5.55. The second-order valence-corrected chi connectivity index (χ2v) is 4.11. The molecule has 0 saturated carbocycles. The minimum Gasteiger partial charge on any atom is -0.311 e. The number of likely N-dealkylation sites (N-methyl/N-ethyl adjacent to an activating group) is 1. The van der Waals surface area contributed by atoms with Crippen LogP contribution in [0.5, 0.6) is 0 Å². The van der Waals surface area contributed by atoms with Gasteiger partial charge in [-0.15, -0.1) is 0 Å². The zero-order valence-electron chi connectivity index (χ0n) is 9.24. The maximum Gasteiger partial charge on any atom is 0.127 e. The molecule has 0 aliphatic heterocycles. The van der Waals surface area contributed by atoms with E-state index in [9.17, 15) is 4.39 Å². The summed E-state index contributed by atoms with van der Waals surface area (Å²) in [6, 6.07) is 4.59. The van der Waals surface area contributed by atoms with E-state index in [-0.39, 0.29) is 11.9 Å². The number of nitrogens with zero attached hydrogens (tertiary/aromatic N) is 2. The summed E-state index contributed by atoms with van der Waals surface area (Å²) in [5, 5.41) is 13.7. The summed E-state index contributed by atoms with van der Waals surface area (Å²) < 4.78 is 13.6. The number of benzene rings is 1. The quantitative estimate of drug-likeness (QED) is 0.879. The molecule has 0 spiro atoms. The molecule has 0 saturated heterocycles. The summed E-state index contributed by atoms with van der Waals surface area (Å²) in [5.74, 6) is -0.304. The van der Waals surface area contributed by atoms with Crippen LogP contribution in [0.15, 0.2) is 24.4 Å². The Balaban J connectivity index is 2.19. The van der Waals surface area contributed by atoms with E-state index in [1.165, 1.54) is 6.07 Å². The standard InChI is InChI=1S/C11H12ClFN4/c1-14-10(11-6-15-17-16-11)4-7-2-3-8(12)5-9(7)13/h2-3,5-6,10,14H,4H2,1H3,(H,15,16,17). The van der Waals surface area contributed by atoms with Crippen LogP contribution in [-0.4, -0.2) is 22.5 Å². The summed E-state index contributed by atoms with van der Waals surface area (Å²) in [5.41, 5.74) is 1.35. The van der Waals surface area contributed by atoms with Crippen molar-refractivity contribution in [2.45, 2.75) is 12.5 Å². The van der Waals surface area contributed by atoms with Crippen LogP contribution in [-0.2, 0) is 6.42 Å². The smallest absolute Gasteiger partial charge is 0.127 e. The van der Waals surface area contributed by atoms with Crippen LogP contribution >= 0.6 is 11.6 Å². The lowest BCUT2D eigenvalue weighted by molar-refractivity contribution is 0.544. The highest BCUT2D eigenvalue weighted by atomic mass is 35.5. The van der Waals surface area contributed by atoms with Crippen molar-refractivity contribution < 1.29 is 4.39 Å². The molecule has 1 unspecified atom stereocenters. The fourth-order valence-electron chi connectivity index (χ4n) is 1.64. The number of hydrogen-bond donors (Lipinski definition) is 2. The molecule has 0 amide bonds. The molecule has 0 aliphatic rings. The van der Waals surface area contributed by atoms with Gasteiger partial charge in [0.15, 0.2) is 0 Å². The third-order valence-corrected chi connectivity index (χ3v) is 2.81. The van der Waals surface area contributed by atoms with E-state index in [0.717, 1.165) is 5.69 Å². The Bertz CT molecular complexity index is 486. The Morgan fingerprint density at radius 2 is 2.35 bits per heavy atom. The van der Waals surface area contributed by atoms with Gasteiger partial charge < -0.3 is 5.32 Å². The van der Waals surface area contributed by atoms with E-state index in [0.29, 0.717) is 17.0 Å². The Labute approximate surface area is 103 Å². The Morgan fingerprint density at radius 3 is 2.94 bits per heavy atom. The topological polar surface area (TPSA) is 53.6 Å². The normalized spacial score (nSPS) is 12.6. The number of H-pyrrole nitrogens is 1. The maximum absolute atomic E-state index is 13.6. The third-order valence-electron chi connectivity index (χ3n) is 2.58. The SMILES string of the molecule is CNC(Cc1ccc(Cl)cc1F)c1cn[nH]n1. The highest BCUT2D eigenvalue weighted by Crippen LogP contribution is 2.20. The zero-order valence-corrected chi connectivity index (χ0v) is 10.0. The highest BCUT2D eigenvalue weighted by Gasteiger charge is 2.15. The van der Waals surface area contributed by atoms with Gasteiger partial charge in [0.1, 0.15) is 5.82 Å². The first-order chi connectivity index (χ1) is 8.20. The molecule has 0 aliphatic carbocycles. The molecule has 1 atom stereocenters. The number of aromatic amines is 1. The molecule has 90 valence electrons. The van der Waals surface area contributed by atoms with Crippen LogP contribution < -0.4 is 5.32 Å². The molecule has 0 bridgehead atoms. The summed E-state index contributed by atoms with van der Waals surface area (Å²) >= 11 is 5.70. The summed E-state index contributed by atoms with van der Waals surface area (Å²) in [6.07, 6.45) is 2.11. The van der Waals surface area contributed by atoms with Crippen LogP contribution in [0.4, 0.5) is 4.39 Å². The Kier molecular flexibility index (Phi) is 3.71. The van der Waals surface area contributed by atoms with E-state index in [2.05, 4.69) is 20.7 Å². The monoisotopic (exact) mass is 254 g/mol. The lowest BCUT2D eigenvalue weighted by Gasteiger charge is -2.13.